The Hall–Kier alpha value is -2.88. The van der Waals surface area contributed by atoms with Crippen LogP contribution in [0.25, 0.3) is 21.8 Å². The summed E-state index contributed by atoms with van der Waals surface area (Å²) in [6.07, 6.45) is 4.86. The van der Waals surface area contributed by atoms with Gasteiger partial charge >= 0.3 is 0 Å². The number of H-pyrrole nitrogens is 2. The summed E-state index contributed by atoms with van der Waals surface area (Å²) in [7, 11) is 0. The predicted octanol–water partition coefficient (Wildman–Crippen LogP) is 4.06. The molecule has 6 N–H and O–H groups in total. The normalized spacial score (nSPS) is 10.6. The first-order chi connectivity index (χ1) is 10.7. The lowest BCUT2D eigenvalue weighted by molar-refractivity contribution is 1.15. The third-order valence-electron chi connectivity index (χ3n) is 3.85. The second-order valence-electron chi connectivity index (χ2n) is 5.22. The van der Waals surface area contributed by atoms with Crippen molar-refractivity contribution in [3.05, 3.63) is 60.4 Å². The van der Waals surface area contributed by atoms with Crippen molar-refractivity contribution >= 4 is 33.2 Å². The van der Waals surface area contributed by atoms with E-state index < -0.39 is 0 Å². The van der Waals surface area contributed by atoms with E-state index in [1.807, 2.05) is 48.8 Å². The van der Waals surface area contributed by atoms with Gasteiger partial charge in [0.1, 0.15) is 0 Å². The topological polar surface area (TPSA) is 83.6 Å². The Labute approximate surface area is 129 Å². The first-order valence-corrected chi connectivity index (χ1v) is 7.36. The lowest BCUT2D eigenvalue weighted by Gasteiger charge is -2.01. The lowest BCUT2D eigenvalue weighted by atomic mass is 10.1. The molecule has 0 atom stereocenters. The molecule has 0 bridgehead atoms. The monoisotopic (exact) mass is 292 g/mol. The molecule has 4 aromatic rings. The highest BCUT2D eigenvalue weighted by molar-refractivity contribution is 5.93. The summed E-state index contributed by atoms with van der Waals surface area (Å²) in [5.41, 5.74) is 16.8. The molecule has 0 fully saturated rings. The summed E-state index contributed by atoms with van der Waals surface area (Å²) >= 11 is 0. The molecule has 0 aliphatic rings. The maximum Gasteiger partial charge on any atom is 0.0507 e. The first-order valence-electron chi connectivity index (χ1n) is 7.36. The van der Waals surface area contributed by atoms with E-state index in [-0.39, 0.29) is 0 Å². The van der Waals surface area contributed by atoms with Gasteiger partial charge in [-0.05, 0) is 42.3 Å². The van der Waals surface area contributed by atoms with Crippen molar-refractivity contribution in [1.29, 1.82) is 0 Å². The van der Waals surface area contributed by atoms with E-state index in [9.17, 15) is 0 Å². The van der Waals surface area contributed by atoms with Crippen LogP contribution in [0.3, 0.4) is 0 Å². The van der Waals surface area contributed by atoms with E-state index in [4.69, 9.17) is 11.5 Å². The van der Waals surface area contributed by atoms with Crippen LogP contribution in [-0.4, -0.2) is 9.97 Å². The van der Waals surface area contributed by atoms with Crippen molar-refractivity contribution in [1.82, 2.24) is 9.97 Å². The predicted molar refractivity (Wildman–Crippen MR) is 94.8 cm³/mol. The van der Waals surface area contributed by atoms with Gasteiger partial charge in [-0.3, -0.25) is 0 Å². The molecule has 2 aromatic carbocycles. The molecule has 0 unspecified atom stereocenters. The average Bonchev–Trinajstić information content (AvgIpc) is 3.18. The molecule has 22 heavy (non-hydrogen) atoms. The Balaban J connectivity index is 0.000000133. The summed E-state index contributed by atoms with van der Waals surface area (Å²) < 4.78 is 0. The number of aromatic amines is 2. The van der Waals surface area contributed by atoms with Gasteiger partial charge in [-0.1, -0.05) is 19.1 Å². The molecule has 0 spiro atoms. The largest absolute Gasteiger partial charge is 0.398 e. The van der Waals surface area contributed by atoms with E-state index >= 15 is 0 Å². The Morgan fingerprint density at radius 1 is 0.818 bits per heavy atom. The molecule has 0 aliphatic heterocycles. The zero-order valence-corrected chi connectivity index (χ0v) is 12.6. The zero-order valence-electron chi connectivity index (χ0n) is 12.6. The van der Waals surface area contributed by atoms with Gasteiger partial charge in [-0.15, -0.1) is 0 Å². The van der Waals surface area contributed by atoms with Crippen molar-refractivity contribution in [2.24, 2.45) is 0 Å². The van der Waals surface area contributed by atoms with E-state index in [2.05, 4.69) is 23.0 Å². The highest BCUT2D eigenvalue weighted by atomic mass is 14.7. The van der Waals surface area contributed by atoms with Crippen molar-refractivity contribution < 1.29 is 0 Å². The number of nitrogens with one attached hydrogen (secondary N) is 2. The Kier molecular flexibility index (Phi) is 3.74. The van der Waals surface area contributed by atoms with Crippen LogP contribution < -0.4 is 11.5 Å². The summed E-state index contributed by atoms with van der Waals surface area (Å²) in [5, 5.41) is 2.23. The van der Waals surface area contributed by atoms with Crippen LogP contribution in [0.2, 0.25) is 0 Å². The molecule has 4 rings (SSSR count). The summed E-state index contributed by atoms with van der Waals surface area (Å²) in [6, 6.07) is 13.9. The maximum absolute atomic E-state index is 5.80. The molecule has 4 heteroatoms. The lowest BCUT2D eigenvalue weighted by Crippen LogP contribution is -1.88. The fourth-order valence-electron chi connectivity index (χ4n) is 2.64. The van der Waals surface area contributed by atoms with Gasteiger partial charge in [0, 0.05) is 40.1 Å². The summed E-state index contributed by atoms with van der Waals surface area (Å²) in [5.74, 6) is 0. The maximum atomic E-state index is 5.80. The number of hydrogen-bond donors (Lipinski definition) is 4. The fraction of sp³-hybridized carbons (Fsp3) is 0.111. The highest BCUT2D eigenvalue weighted by Gasteiger charge is 2.02. The Morgan fingerprint density at radius 3 is 2.32 bits per heavy atom. The smallest absolute Gasteiger partial charge is 0.0507 e. The molecule has 4 nitrogen and oxygen atoms in total. The molecule has 0 saturated heterocycles. The second kappa shape index (κ2) is 5.85. The minimum absolute atomic E-state index is 0.832. The van der Waals surface area contributed by atoms with Crippen LogP contribution in [0.4, 0.5) is 11.4 Å². The van der Waals surface area contributed by atoms with Crippen LogP contribution in [0.1, 0.15) is 12.5 Å². The minimum Gasteiger partial charge on any atom is -0.398 e. The number of aromatic nitrogens is 2. The van der Waals surface area contributed by atoms with Gasteiger partial charge < -0.3 is 21.4 Å². The van der Waals surface area contributed by atoms with Gasteiger partial charge in [0.25, 0.3) is 0 Å². The van der Waals surface area contributed by atoms with Gasteiger partial charge in [-0.2, -0.15) is 0 Å². The van der Waals surface area contributed by atoms with Gasteiger partial charge in [0.05, 0.1) is 5.52 Å². The zero-order chi connectivity index (χ0) is 15.5. The third kappa shape index (κ3) is 2.51. The molecule has 0 saturated carbocycles. The van der Waals surface area contributed by atoms with Crippen molar-refractivity contribution in [2.45, 2.75) is 13.3 Å². The molecule has 0 aliphatic carbocycles. The van der Waals surface area contributed by atoms with Crippen LogP contribution >= 0.6 is 0 Å². The molecule has 0 amide bonds. The van der Waals surface area contributed by atoms with Gasteiger partial charge in [0.2, 0.25) is 0 Å². The molecule has 112 valence electrons. The number of benzene rings is 2. The molecule has 2 heterocycles. The first kappa shape index (κ1) is 14.1. The molecule has 2 aromatic heterocycles. The molecule has 0 radical (unpaired) electrons. The number of nitrogens with two attached hydrogens (primary N) is 2. The second-order valence-corrected chi connectivity index (χ2v) is 5.22. The van der Waals surface area contributed by atoms with E-state index in [1.54, 1.807) is 0 Å². The van der Waals surface area contributed by atoms with Crippen molar-refractivity contribution in [3.8, 4) is 0 Å². The molecular weight excluding hydrogens is 272 g/mol. The number of anilines is 2. The van der Waals surface area contributed by atoms with Crippen molar-refractivity contribution in [2.75, 3.05) is 11.5 Å². The van der Waals surface area contributed by atoms with E-state index in [0.29, 0.717) is 0 Å². The number of hydrogen-bond acceptors (Lipinski definition) is 2. The molecular formula is C18H20N4. The number of fused-ring (bicyclic) bond motifs is 2. The standard InChI is InChI=1S/C10H12N2.C8H8N2/c1-2-7-3-4-9(11)8-5-6-12-10(7)8;9-7-2-1-3-8-6(7)4-5-10-8/h3-6,12H,2,11H2,1H3;1-5,10H,9H2. The average molecular weight is 292 g/mol. The number of nitrogen functional groups attached to an aromatic ring is 2. The van der Waals surface area contributed by atoms with Gasteiger partial charge in [0.15, 0.2) is 0 Å². The summed E-state index contributed by atoms with van der Waals surface area (Å²) in [6.45, 7) is 2.14. The van der Waals surface area contributed by atoms with Crippen LogP contribution in [0.15, 0.2) is 54.9 Å². The fourth-order valence-corrected chi connectivity index (χ4v) is 2.64. The number of rotatable bonds is 1. The van der Waals surface area contributed by atoms with Crippen molar-refractivity contribution in [3.63, 3.8) is 0 Å². The summed E-state index contributed by atoms with van der Waals surface area (Å²) in [4.78, 5) is 6.28. The number of aryl methyl sites for hydroxylation is 1. The third-order valence-corrected chi connectivity index (χ3v) is 3.85. The van der Waals surface area contributed by atoms with Crippen LogP contribution in [-0.2, 0) is 6.42 Å². The Morgan fingerprint density at radius 2 is 1.55 bits per heavy atom. The highest BCUT2D eigenvalue weighted by Crippen LogP contribution is 2.23. The Bertz CT molecular complexity index is 902. The van der Waals surface area contributed by atoms with Crippen LogP contribution in [0, 0.1) is 0 Å². The van der Waals surface area contributed by atoms with Crippen LogP contribution in [0.5, 0.6) is 0 Å². The van der Waals surface area contributed by atoms with Gasteiger partial charge in [-0.25, -0.2) is 0 Å². The SMILES string of the molecule is CCc1ccc(N)c2cc[nH]c12.Nc1cccc2[nH]ccc12. The van der Waals surface area contributed by atoms with E-state index in [1.165, 1.54) is 11.1 Å². The van der Waals surface area contributed by atoms with E-state index in [0.717, 1.165) is 34.1 Å². The quantitative estimate of drug-likeness (QED) is 0.399. The minimum atomic E-state index is 0.832.